The third kappa shape index (κ3) is 6.40. The van der Waals surface area contributed by atoms with E-state index >= 15 is 0 Å². The van der Waals surface area contributed by atoms with Crippen molar-refractivity contribution in [2.75, 3.05) is 4.90 Å². The van der Waals surface area contributed by atoms with Gasteiger partial charge in [0.1, 0.15) is 0 Å². The van der Waals surface area contributed by atoms with E-state index in [1.54, 1.807) is 0 Å². The Morgan fingerprint density at radius 1 is 0.424 bits per heavy atom. The lowest BCUT2D eigenvalue weighted by atomic mass is 9.88. The van der Waals surface area contributed by atoms with Gasteiger partial charge in [-0.05, 0) is 163 Å². The highest BCUT2D eigenvalue weighted by atomic mass is 15.2. The molecule has 2 aliphatic carbocycles. The minimum Gasteiger partial charge on any atom is -0.334 e. The topological polar surface area (TPSA) is 8.17 Å². The van der Waals surface area contributed by atoms with Crippen LogP contribution in [-0.4, -0.2) is 10.6 Å². The van der Waals surface area contributed by atoms with Crippen molar-refractivity contribution in [3.63, 3.8) is 0 Å². The second-order valence-electron chi connectivity index (χ2n) is 17.9. The molecule has 1 atom stereocenters. The van der Waals surface area contributed by atoms with Gasteiger partial charge in [-0.1, -0.05) is 170 Å². The molecule has 0 saturated heterocycles. The van der Waals surface area contributed by atoms with Crippen molar-refractivity contribution in [1.29, 1.82) is 0 Å². The van der Waals surface area contributed by atoms with Crippen LogP contribution in [0.4, 0.5) is 11.4 Å². The summed E-state index contributed by atoms with van der Waals surface area (Å²) in [5.74, 6) is 0. The molecule has 1 aromatic heterocycles. The molecular formula is C64H46N2. The summed E-state index contributed by atoms with van der Waals surface area (Å²) in [6.07, 6.45) is 18.8. The predicted octanol–water partition coefficient (Wildman–Crippen LogP) is 17.4. The average Bonchev–Trinajstić information content (AvgIpc) is 3.73. The van der Waals surface area contributed by atoms with Crippen LogP contribution < -0.4 is 4.90 Å². The van der Waals surface area contributed by atoms with Crippen LogP contribution in [0.15, 0.2) is 237 Å². The molecule has 0 N–H and O–H groups in total. The lowest BCUT2D eigenvalue weighted by molar-refractivity contribution is 0.785. The molecule has 66 heavy (non-hydrogen) atoms. The minimum atomic E-state index is 0.259. The number of hydrogen-bond donors (Lipinski definition) is 0. The highest BCUT2D eigenvalue weighted by Crippen LogP contribution is 2.46. The zero-order valence-corrected chi connectivity index (χ0v) is 36.6. The van der Waals surface area contributed by atoms with E-state index in [9.17, 15) is 0 Å². The van der Waals surface area contributed by atoms with Crippen molar-refractivity contribution in [2.45, 2.75) is 25.3 Å². The largest absolute Gasteiger partial charge is 0.334 e. The fourth-order valence-corrected chi connectivity index (χ4v) is 11.0. The molecular weight excluding hydrogens is 797 g/mol. The molecule has 0 radical (unpaired) electrons. The first-order chi connectivity index (χ1) is 32.7. The van der Waals surface area contributed by atoms with Crippen LogP contribution in [0.5, 0.6) is 0 Å². The van der Waals surface area contributed by atoms with Gasteiger partial charge in [-0.25, -0.2) is 0 Å². The molecule has 2 nitrogen and oxygen atoms in total. The predicted molar refractivity (Wildman–Crippen MR) is 282 cm³/mol. The third-order valence-corrected chi connectivity index (χ3v) is 14.1. The molecule has 0 amide bonds. The Kier molecular flexibility index (Phi) is 9.16. The minimum absolute atomic E-state index is 0.259. The number of fused-ring (bicyclic) bond motifs is 4. The third-order valence-electron chi connectivity index (χ3n) is 14.1. The van der Waals surface area contributed by atoms with E-state index in [1.165, 1.54) is 110 Å². The summed E-state index contributed by atoms with van der Waals surface area (Å²) >= 11 is 0. The Morgan fingerprint density at radius 2 is 1.09 bits per heavy atom. The number of nitrogens with zero attached hydrogens (tertiary/aromatic N) is 2. The van der Waals surface area contributed by atoms with E-state index in [2.05, 4.69) is 246 Å². The molecule has 13 rings (SSSR count). The summed E-state index contributed by atoms with van der Waals surface area (Å²) in [4.78, 5) is 2.46. The first-order valence-corrected chi connectivity index (χ1v) is 23.3. The second-order valence-corrected chi connectivity index (χ2v) is 17.9. The number of para-hydroxylation sites is 2. The first kappa shape index (κ1) is 38.3. The van der Waals surface area contributed by atoms with E-state index in [0.29, 0.717) is 0 Å². The molecule has 2 aliphatic rings. The summed E-state index contributed by atoms with van der Waals surface area (Å²) in [7, 11) is 0. The Morgan fingerprint density at radius 3 is 1.86 bits per heavy atom. The summed E-state index contributed by atoms with van der Waals surface area (Å²) < 4.78 is 2.49. The molecule has 11 aromatic rings. The summed E-state index contributed by atoms with van der Waals surface area (Å²) in [6, 6.07) is 72.8. The summed E-state index contributed by atoms with van der Waals surface area (Å²) in [5, 5.41) is 10.3. The number of hydrogen-bond acceptors (Lipinski definition) is 1. The molecule has 10 aromatic carbocycles. The van der Waals surface area contributed by atoms with Gasteiger partial charge >= 0.3 is 0 Å². The molecule has 0 saturated carbocycles. The maximum absolute atomic E-state index is 2.49. The number of benzene rings is 10. The quantitative estimate of drug-likeness (QED) is 0.138. The highest BCUT2D eigenvalue weighted by Gasteiger charge is 2.22. The van der Waals surface area contributed by atoms with Gasteiger partial charge in [0.15, 0.2) is 0 Å². The van der Waals surface area contributed by atoms with Crippen molar-refractivity contribution in [2.24, 2.45) is 0 Å². The molecule has 2 heteroatoms. The van der Waals surface area contributed by atoms with Crippen molar-refractivity contribution in [1.82, 2.24) is 4.57 Å². The van der Waals surface area contributed by atoms with Crippen LogP contribution in [0.25, 0.3) is 98.8 Å². The molecule has 1 unspecified atom stereocenters. The van der Waals surface area contributed by atoms with E-state index < -0.39 is 0 Å². The van der Waals surface area contributed by atoms with Crippen LogP contribution in [0.1, 0.15) is 24.8 Å². The van der Waals surface area contributed by atoms with Crippen LogP contribution in [0, 0.1) is 0 Å². The van der Waals surface area contributed by atoms with E-state index in [0.717, 1.165) is 24.9 Å². The van der Waals surface area contributed by atoms with Gasteiger partial charge in [-0.15, -0.1) is 0 Å². The fraction of sp³-hybridized carbons (Fsp3) is 0.0625. The molecule has 312 valence electrons. The van der Waals surface area contributed by atoms with E-state index in [1.807, 2.05) is 0 Å². The normalized spacial score (nSPS) is 14.8. The lowest BCUT2D eigenvalue weighted by Gasteiger charge is -2.32. The molecule has 0 fully saturated rings. The van der Waals surface area contributed by atoms with Crippen molar-refractivity contribution < 1.29 is 0 Å². The van der Waals surface area contributed by atoms with Gasteiger partial charge in [-0.2, -0.15) is 0 Å². The van der Waals surface area contributed by atoms with Crippen LogP contribution in [0.3, 0.4) is 0 Å². The average molecular weight is 843 g/mol. The van der Waals surface area contributed by atoms with Crippen LogP contribution in [-0.2, 0) is 0 Å². The zero-order chi connectivity index (χ0) is 43.6. The summed E-state index contributed by atoms with van der Waals surface area (Å²) in [5.41, 5.74) is 16.1. The Bertz CT molecular complexity index is 3760. The SMILES string of the molecule is C1=CCCC(c2cc(-c3ccccc3)cc(-c3ccc4c5c6ccc7c(-c8ccc(N(c9ccccc9)C9C=CC=CC9)cc8)ccc8ccc(cc5n(-c5ccccc5)c4c3)c6c87)c2)=C1. The van der Waals surface area contributed by atoms with Gasteiger partial charge in [0.25, 0.3) is 0 Å². The van der Waals surface area contributed by atoms with Crippen molar-refractivity contribution in [3.8, 4) is 39.1 Å². The summed E-state index contributed by atoms with van der Waals surface area (Å²) in [6.45, 7) is 0. The van der Waals surface area contributed by atoms with E-state index in [-0.39, 0.29) is 6.04 Å². The molecule has 0 bridgehead atoms. The van der Waals surface area contributed by atoms with Gasteiger partial charge in [0, 0.05) is 27.8 Å². The standard InChI is InChI=1S/C64H46N2/c1-6-16-43(17-7-1)49-38-50(44-18-8-2-9-19-44)40-51(39-49)47-31-35-58-60(41-47)66(54-24-14-5-15-25-54)61-42-48-27-26-46-30-34-56(57-36-37-59(64(58)61)63(48)62(46)57)45-28-32-55(33-29-45)65(52-20-10-3-11-21-52)53-22-12-4-13-23-53/h1-8,10-18,20-22,24-42,53H,9,19,23H2. The zero-order valence-electron chi connectivity index (χ0n) is 36.6. The number of anilines is 2. The molecule has 0 spiro atoms. The second kappa shape index (κ2) is 15.8. The smallest absolute Gasteiger partial charge is 0.0559 e. The number of aromatic nitrogens is 1. The lowest BCUT2D eigenvalue weighted by Crippen LogP contribution is -2.29. The van der Waals surface area contributed by atoms with Crippen molar-refractivity contribution in [3.05, 3.63) is 242 Å². The van der Waals surface area contributed by atoms with Gasteiger partial charge in [-0.3, -0.25) is 0 Å². The van der Waals surface area contributed by atoms with E-state index in [4.69, 9.17) is 0 Å². The molecule has 0 aliphatic heterocycles. The van der Waals surface area contributed by atoms with Crippen molar-refractivity contribution >= 4 is 71.1 Å². The van der Waals surface area contributed by atoms with Gasteiger partial charge in [0.2, 0.25) is 0 Å². The maximum atomic E-state index is 2.49. The Labute approximate surface area is 385 Å². The Hall–Kier alpha value is -8.20. The van der Waals surface area contributed by atoms with Crippen LogP contribution in [0.2, 0.25) is 0 Å². The number of rotatable bonds is 8. The first-order valence-electron chi connectivity index (χ1n) is 23.3. The van der Waals surface area contributed by atoms with Gasteiger partial charge in [0.05, 0.1) is 17.1 Å². The van der Waals surface area contributed by atoms with Gasteiger partial charge < -0.3 is 9.47 Å². The Balaban J connectivity index is 0.985. The monoisotopic (exact) mass is 842 g/mol. The fourth-order valence-electron chi connectivity index (χ4n) is 11.0. The molecule has 1 heterocycles. The number of allylic oxidation sites excluding steroid dienone is 6. The maximum Gasteiger partial charge on any atom is 0.0559 e. The highest BCUT2D eigenvalue weighted by molar-refractivity contribution is 6.34. The van der Waals surface area contributed by atoms with Crippen LogP contribution >= 0.6 is 0 Å².